The zero-order chi connectivity index (χ0) is 15.0. The van der Waals surface area contributed by atoms with Crippen LogP contribution >= 0.6 is 0 Å². The van der Waals surface area contributed by atoms with E-state index in [1.54, 1.807) is 24.3 Å². The maximum Gasteiger partial charge on any atom is 0.309 e. The number of esters is 1. The summed E-state index contributed by atoms with van der Waals surface area (Å²) in [4.78, 5) is 11.5. The van der Waals surface area contributed by atoms with Crippen LogP contribution in [0, 0.1) is 16.7 Å². The van der Waals surface area contributed by atoms with E-state index in [0.29, 0.717) is 17.9 Å². The van der Waals surface area contributed by atoms with Gasteiger partial charge in [-0.1, -0.05) is 6.07 Å². The summed E-state index contributed by atoms with van der Waals surface area (Å²) in [6.07, 6.45) is 0.688. The van der Waals surface area contributed by atoms with Crippen LogP contribution in [0.4, 0.5) is 5.69 Å². The molecule has 2 N–H and O–H groups in total. The number of ether oxygens (including phenoxy) is 2. The molecule has 0 heterocycles. The number of benzene rings is 1. The molecule has 0 spiro atoms. The van der Waals surface area contributed by atoms with E-state index in [4.69, 9.17) is 20.5 Å². The van der Waals surface area contributed by atoms with Crippen LogP contribution in [-0.4, -0.2) is 19.2 Å². The molecule has 5 heteroatoms. The smallest absolute Gasteiger partial charge is 0.309 e. The number of hydrogen-bond donors (Lipinski definition) is 1. The van der Waals surface area contributed by atoms with Crippen LogP contribution in [0.25, 0.3) is 0 Å². The summed E-state index contributed by atoms with van der Waals surface area (Å²) in [6.45, 7) is 4.11. The quantitative estimate of drug-likeness (QED) is 0.611. The number of carbonyl (C=O) groups excluding carboxylic acids is 1. The molecule has 0 aliphatic heterocycles. The summed E-state index contributed by atoms with van der Waals surface area (Å²) in [7, 11) is 0. The van der Waals surface area contributed by atoms with E-state index < -0.39 is 5.41 Å². The predicted octanol–water partition coefficient (Wildman–Crippen LogP) is 2.52. The Morgan fingerprint density at radius 2 is 2.15 bits per heavy atom. The number of hydrogen-bond acceptors (Lipinski definition) is 5. The van der Waals surface area contributed by atoms with E-state index in [9.17, 15) is 4.79 Å². The second kappa shape index (κ2) is 7.39. The molecule has 0 saturated carbocycles. The van der Waals surface area contributed by atoms with E-state index in [1.807, 2.05) is 13.8 Å². The lowest BCUT2D eigenvalue weighted by atomic mass is 9.92. The third-order valence-electron chi connectivity index (χ3n) is 2.73. The molecule has 1 aromatic carbocycles. The van der Waals surface area contributed by atoms with Crippen molar-refractivity contribution in [2.75, 3.05) is 18.9 Å². The summed E-state index contributed by atoms with van der Waals surface area (Å²) in [5.41, 5.74) is 5.75. The Kier molecular flexibility index (Phi) is 5.85. The van der Waals surface area contributed by atoms with E-state index in [1.165, 1.54) is 0 Å². The fourth-order valence-corrected chi connectivity index (χ4v) is 1.40. The van der Waals surface area contributed by atoms with Crippen molar-refractivity contribution in [2.45, 2.75) is 26.7 Å². The van der Waals surface area contributed by atoms with Gasteiger partial charge < -0.3 is 15.2 Å². The van der Waals surface area contributed by atoms with E-state index in [2.05, 4.69) is 6.07 Å². The fourth-order valence-electron chi connectivity index (χ4n) is 1.40. The Balaban J connectivity index is 2.19. The molecule has 0 amide bonds. The molecular formula is C15H20N2O3. The van der Waals surface area contributed by atoms with Gasteiger partial charge in [-0.05, 0) is 32.4 Å². The first-order valence-electron chi connectivity index (χ1n) is 6.48. The fraction of sp³-hybridized carbons (Fsp3) is 0.467. The number of carbonyl (C=O) groups is 1. The lowest BCUT2D eigenvalue weighted by Crippen LogP contribution is -2.16. The highest BCUT2D eigenvalue weighted by Crippen LogP contribution is 2.18. The summed E-state index contributed by atoms with van der Waals surface area (Å²) >= 11 is 0. The van der Waals surface area contributed by atoms with Crippen molar-refractivity contribution in [3.63, 3.8) is 0 Å². The number of nitriles is 1. The second-order valence-electron chi connectivity index (χ2n) is 5.14. The Bertz CT molecular complexity index is 492. The van der Waals surface area contributed by atoms with Gasteiger partial charge in [-0.2, -0.15) is 5.26 Å². The molecule has 0 aromatic heterocycles. The van der Waals surface area contributed by atoms with Crippen LogP contribution in [-0.2, 0) is 9.53 Å². The monoisotopic (exact) mass is 276 g/mol. The summed E-state index contributed by atoms with van der Waals surface area (Å²) < 4.78 is 10.4. The topological polar surface area (TPSA) is 85.3 Å². The van der Waals surface area contributed by atoms with Crippen LogP contribution in [0.15, 0.2) is 24.3 Å². The first-order valence-corrected chi connectivity index (χ1v) is 6.48. The average Bonchev–Trinajstić information content (AvgIpc) is 2.38. The number of nitrogens with zero attached hydrogens (tertiary/aromatic N) is 1. The normalized spacial score (nSPS) is 10.7. The molecule has 5 nitrogen and oxygen atoms in total. The van der Waals surface area contributed by atoms with Gasteiger partial charge in [-0.3, -0.25) is 4.79 Å². The van der Waals surface area contributed by atoms with Gasteiger partial charge >= 0.3 is 5.97 Å². The van der Waals surface area contributed by atoms with Crippen molar-refractivity contribution in [2.24, 2.45) is 5.41 Å². The molecule has 0 unspecified atom stereocenters. The predicted molar refractivity (Wildman–Crippen MR) is 75.9 cm³/mol. The first kappa shape index (κ1) is 15.8. The van der Waals surface area contributed by atoms with Crippen LogP contribution in [0.1, 0.15) is 26.7 Å². The van der Waals surface area contributed by atoms with Crippen LogP contribution in [0.3, 0.4) is 0 Å². The third kappa shape index (κ3) is 6.10. The summed E-state index contributed by atoms with van der Waals surface area (Å²) in [6, 6.07) is 9.17. The Labute approximate surface area is 119 Å². The maximum atomic E-state index is 11.5. The van der Waals surface area contributed by atoms with Crippen molar-refractivity contribution in [1.82, 2.24) is 0 Å². The highest BCUT2D eigenvalue weighted by atomic mass is 16.5. The number of anilines is 1. The molecular weight excluding hydrogens is 256 g/mol. The minimum Gasteiger partial charge on any atom is -0.493 e. The van der Waals surface area contributed by atoms with Crippen LogP contribution < -0.4 is 10.5 Å². The molecule has 0 aliphatic carbocycles. The van der Waals surface area contributed by atoms with Crippen molar-refractivity contribution in [1.29, 1.82) is 5.26 Å². The van der Waals surface area contributed by atoms with Crippen molar-refractivity contribution in [3.8, 4) is 11.8 Å². The number of nitrogen functional groups attached to an aromatic ring is 1. The van der Waals surface area contributed by atoms with E-state index >= 15 is 0 Å². The highest BCUT2D eigenvalue weighted by Gasteiger charge is 2.17. The van der Waals surface area contributed by atoms with Gasteiger partial charge in [-0.25, -0.2) is 0 Å². The zero-order valence-electron chi connectivity index (χ0n) is 11.9. The molecule has 20 heavy (non-hydrogen) atoms. The number of nitrogens with two attached hydrogens (primary N) is 1. The van der Waals surface area contributed by atoms with Crippen molar-refractivity contribution in [3.05, 3.63) is 24.3 Å². The second-order valence-corrected chi connectivity index (χ2v) is 5.14. The molecule has 0 atom stereocenters. The van der Waals surface area contributed by atoms with Gasteiger partial charge in [0.25, 0.3) is 0 Å². The standard InChI is InChI=1S/C15H20N2O3/c1-15(2,11-16)7-9-20-14(18)6-8-19-13-5-3-4-12(17)10-13/h3-5,10H,6-9,17H2,1-2H3. The van der Waals surface area contributed by atoms with Gasteiger partial charge in [0.1, 0.15) is 5.75 Å². The minimum absolute atomic E-state index is 0.168. The van der Waals surface area contributed by atoms with E-state index in [0.717, 1.165) is 0 Å². The van der Waals surface area contributed by atoms with Gasteiger partial charge in [0, 0.05) is 11.8 Å². The Morgan fingerprint density at radius 1 is 1.40 bits per heavy atom. The molecule has 0 fully saturated rings. The van der Waals surface area contributed by atoms with Crippen LogP contribution in [0.5, 0.6) is 5.75 Å². The van der Waals surface area contributed by atoms with Gasteiger partial charge in [0.15, 0.2) is 0 Å². The highest BCUT2D eigenvalue weighted by molar-refractivity contribution is 5.69. The van der Waals surface area contributed by atoms with Gasteiger partial charge in [-0.15, -0.1) is 0 Å². The van der Waals surface area contributed by atoms with Crippen LogP contribution in [0.2, 0.25) is 0 Å². The molecule has 0 aliphatic rings. The molecule has 0 bridgehead atoms. The van der Waals surface area contributed by atoms with Gasteiger partial charge in [0.05, 0.1) is 31.1 Å². The van der Waals surface area contributed by atoms with E-state index in [-0.39, 0.29) is 25.6 Å². The largest absolute Gasteiger partial charge is 0.493 e. The summed E-state index contributed by atoms with van der Waals surface area (Å²) in [5.74, 6) is 0.297. The summed E-state index contributed by atoms with van der Waals surface area (Å²) in [5, 5.41) is 8.83. The molecule has 1 rings (SSSR count). The third-order valence-corrected chi connectivity index (χ3v) is 2.73. The first-order chi connectivity index (χ1) is 9.43. The van der Waals surface area contributed by atoms with Crippen molar-refractivity contribution < 1.29 is 14.3 Å². The molecule has 1 aromatic rings. The Hall–Kier alpha value is -2.22. The lowest BCUT2D eigenvalue weighted by Gasteiger charge is -2.14. The molecule has 0 saturated heterocycles. The molecule has 0 radical (unpaired) electrons. The van der Waals surface area contributed by atoms with Crippen molar-refractivity contribution >= 4 is 11.7 Å². The zero-order valence-corrected chi connectivity index (χ0v) is 11.9. The maximum absolute atomic E-state index is 11.5. The average molecular weight is 276 g/mol. The molecule has 108 valence electrons. The number of rotatable bonds is 7. The lowest BCUT2D eigenvalue weighted by molar-refractivity contribution is -0.144. The minimum atomic E-state index is -0.474. The SMILES string of the molecule is CC(C)(C#N)CCOC(=O)CCOc1cccc(N)c1. The Morgan fingerprint density at radius 3 is 2.80 bits per heavy atom. The van der Waals surface area contributed by atoms with Gasteiger partial charge in [0.2, 0.25) is 0 Å².